The summed E-state index contributed by atoms with van der Waals surface area (Å²) in [4.78, 5) is 25.6. The molecule has 0 saturated carbocycles. The summed E-state index contributed by atoms with van der Waals surface area (Å²) >= 11 is 0. The predicted octanol–water partition coefficient (Wildman–Crippen LogP) is 2.87. The Balaban J connectivity index is 1.75. The van der Waals surface area contributed by atoms with Crippen LogP contribution in [0.3, 0.4) is 0 Å². The molecule has 0 unspecified atom stereocenters. The number of nitrogens with zero attached hydrogens (tertiary/aromatic N) is 1. The van der Waals surface area contributed by atoms with E-state index in [0.29, 0.717) is 30.8 Å². The van der Waals surface area contributed by atoms with Gasteiger partial charge in [0, 0.05) is 31.3 Å². The molecule has 1 heterocycles. The molecule has 0 fully saturated rings. The molecule has 0 radical (unpaired) electrons. The number of halogens is 1. The van der Waals surface area contributed by atoms with Crippen molar-refractivity contribution in [2.45, 2.75) is 44.2 Å². The van der Waals surface area contributed by atoms with E-state index in [9.17, 15) is 22.4 Å². The number of amides is 2. The normalized spacial score (nSPS) is 14.0. The zero-order valence-corrected chi connectivity index (χ0v) is 18.6. The van der Waals surface area contributed by atoms with E-state index in [1.54, 1.807) is 36.9 Å². The first-order valence-electron chi connectivity index (χ1n) is 9.89. The van der Waals surface area contributed by atoms with Gasteiger partial charge in [0.2, 0.25) is 5.91 Å². The van der Waals surface area contributed by atoms with Crippen LogP contribution >= 0.6 is 0 Å². The smallest absolute Gasteiger partial charge is 0.261 e. The van der Waals surface area contributed by atoms with Gasteiger partial charge >= 0.3 is 0 Å². The minimum atomic E-state index is -3.85. The van der Waals surface area contributed by atoms with E-state index in [-0.39, 0.29) is 10.8 Å². The lowest BCUT2D eigenvalue weighted by atomic mass is 10.00. The number of sulfonamides is 1. The first-order chi connectivity index (χ1) is 14.5. The number of alkyl halides is 1. The van der Waals surface area contributed by atoms with Gasteiger partial charge in [0.05, 0.1) is 10.4 Å². The molecule has 1 aliphatic heterocycles. The molecule has 0 saturated heterocycles. The Morgan fingerprint density at radius 3 is 2.39 bits per heavy atom. The zero-order valence-electron chi connectivity index (χ0n) is 17.7. The van der Waals surface area contributed by atoms with Crippen LogP contribution in [0.15, 0.2) is 47.4 Å². The second kappa shape index (κ2) is 8.66. The Labute approximate surface area is 181 Å². The largest absolute Gasteiger partial charge is 0.345 e. The third kappa shape index (κ3) is 5.41. The van der Waals surface area contributed by atoms with Crippen LogP contribution in [-0.2, 0) is 27.8 Å². The fraction of sp³-hybridized carbons (Fsp3) is 0.364. The summed E-state index contributed by atoms with van der Waals surface area (Å²) in [5.41, 5.74) is 1.45. The summed E-state index contributed by atoms with van der Waals surface area (Å²) in [6.45, 7) is 4.93. The molecule has 9 heteroatoms. The number of nitrogens with one attached hydrogen (secondary N) is 2. The molecular weight excluding hydrogens is 421 g/mol. The molecule has 2 aromatic carbocycles. The summed E-state index contributed by atoms with van der Waals surface area (Å²) in [6, 6.07) is 10.8. The van der Waals surface area contributed by atoms with Gasteiger partial charge in [-0.15, -0.1) is 0 Å². The van der Waals surface area contributed by atoms with E-state index in [1.807, 2.05) is 0 Å². The number of carbonyl (C=O) groups is 2. The minimum Gasteiger partial charge on any atom is -0.345 e. The van der Waals surface area contributed by atoms with Crippen molar-refractivity contribution < 1.29 is 22.4 Å². The molecule has 2 N–H and O–H groups in total. The van der Waals surface area contributed by atoms with Crippen molar-refractivity contribution in [1.82, 2.24) is 10.2 Å². The molecule has 166 valence electrons. The third-order valence-corrected chi connectivity index (χ3v) is 6.51. The molecule has 1 aliphatic rings. The Bertz CT molecular complexity index is 1100. The first kappa shape index (κ1) is 22.7. The Morgan fingerprint density at radius 2 is 1.77 bits per heavy atom. The summed E-state index contributed by atoms with van der Waals surface area (Å²) in [5, 5.41) is 2.58. The number of hydrogen-bond donors (Lipinski definition) is 2. The van der Waals surface area contributed by atoms with Gasteiger partial charge in [-0.1, -0.05) is 6.07 Å². The molecule has 0 aliphatic carbocycles. The number of hydrogen-bond acceptors (Lipinski definition) is 4. The SMILES string of the molecule is CC(=O)N1CCc2ccc(S(=O)(=O)Nc3ccc(C(=O)NC(C)(C)CF)cc3)cc2C1. The van der Waals surface area contributed by atoms with Crippen molar-refractivity contribution in [1.29, 1.82) is 0 Å². The Hall–Kier alpha value is -2.94. The highest BCUT2D eigenvalue weighted by atomic mass is 32.2. The highest BCUT2D eigenvalue weighted by molar-refractivity contribution is 7.92. The van der Waals surface area contributed by atoms with Crippen LogP contribution in [0.2, 0.25) is 0 Å². The quantitative estimate of drug-likeness (QED) is 0.712. The average Bonchev–Trinajstić information content (AvgIpc) is 2.72. The van der Waals surface area contributed by atoms with Crippen molar-refractivity contribution in [2.75, 3.05) is 17.9 Å². The number of anilines is 1. The minimum absolute atomic E-state index is 0.0453. The molecule has 3 rings (SSSR count). The molecule has 0 atom stereocenters. The maximum absolute atomic E-state index is 12.9. The van der Waals surface area contributed by atoms with Gasteiger partial charge in [-0.2, -0.15) is 0 Å². The topological polar surface area (TPSA) is 95.6 Å². The molecule has 0 aromatic heterocycles. The number of benzene rings is 2. The summed E-state index contributed by atoms with van der Waals surface area (Å²) in [7, 11) is -3.85. The maximum Gasteiger partial charge on any atom is 0.261 e. The van der Waals surface area contributed by atoms with Gasteiger partial charge in [-0.05, 0) is 67.8 Å². The van der Waals surface area contributed by atoms with Gasteiger partial charge in [0.1, 0.15) is 6.67 Å². The second-order valence-corrected chi connectivity index (χ2v) is 9.96. The van der Waals surface area contributed by atoms with Crippen LogP contribution in [0.1, 0.15) is 42.3 Å². The van der Waals surface area contributed by atoms with Crippen LogP contribution in [0.5, 0.6) is 0 Å². The van der Waals surface area contributed by atoms with E-state index < -0.39 is 28.1 Å². The summed E-state index contributed by atoms with van der Waals surface area (Å²) < 4.78 is 41.1. The van der Waals surface area contributed by atoms with Gasteiger partial charge in [0.15, 0.2) is 0 Å². The molecule has 31 heavy (non-hydrogen) atoms. The second-order valence-electron chi connectivity index (χ2n) is 8.28. The molecule has 7 nitrogen and oxygen atoms in total. The predicted molar refractivity (Wildman–Crippen MR) is 116 cm³/mol. The van der Waals surface area contributed by atoms with Crippen LogP contribution in [0.4, 0.5) is 10.1 Å². The van der Waals surface area contributed by atoms with E-state index >= 15 is 0 Å². The van der Waals surface area contributed by atoms with Crippen LogP contribution in [-0.4, -0.2) is 43.9 Å². The van der Waals surface area contributed by atoms with Gasteiger partial charge in [-0.25, -0.2) is 12.8 Å². The van der Waals surface area contributed by atoms with Crippen molar-refractivity contribution in [3.05, 3.63) is 59.2 Å². The fourth-order valence-corrected chi connectivity index (χ4v) is 4.39. The van der Waals surface area contributed by atoms with Crippen LogP contribution in [0, 0.1) is 0 Å². The van der Waals surface area contributed by atoms with E-state index in [0.717, 1.165) is 11.1 Å². The highest BCUT2D eigenvalue weighted by Crippen LogP contribution is 2.24. The molecule has 0 bridgehead atoms. The Morgan fingerprint density at radius 1 is 1.10 bits per heavy atom. The van der Waals surface area contributed by atoms with Gasteiger partial charge in [0.25, 0.3) is 15.9 Å². The van der Waals surface area contributed by atoms with Crippen molar-refractivity contribution in [3.8, 4) is 0 Å². The van der Waals surface area contributed by atoms with Crippen molar-refractivity contribution in [3.63, 3.8) is 0 Å². The summed E-state index contributed by atoms with van der Waals surface area (Å²) in [6.07, 6.45) is 0.686. The number of fused-ring (bicyclic) bond motifs is 1. The van der Waals surface area contributed by atoms with Crippen molar-refractivity contribution >= 4 is 27.5 Å². The van der Waals surface area contributed by atoms with E-state index in [1.165, 1.54) is 31.2 Å². The summed E-state index contributed by atoms with van der Waals surface area (Å²) in [5.74, 6) is -0.488. The monoisotopic (exact) mass is 447 g/mol. The lowest BCUT2D eigenvalue weighted by Crippen LogP contribution is -2.45. The van der Waals surface area contributed by atoms with Crippen molar-refractivity contribution in [2.24, 2.45) is 0 Å². The fourth-order valence-electron chi connectivity index (χ4n) is 3.29. The zero-order chi connectivity index (χ0) is 22.8. The molecular formula is C22H26FN3O4S. The highest BCUT2D eigenvalue weighted by Gasteiger charge is 2.23. The Kier molecular flexibility index (Phi) is 6.35. The molecule has 2 amide bonds. The number of rotatable bonds is 6. The number of carbonyl (C=O) groups excluding carboxylic acids is 2. The molecule has 0 spiro atoms. The first-order valence-corrected chi connectivity index (χ1v) is 11.4. The van der Waals surface area contributed by atoms with E-state index in [4.69, 9.17) is 0 Å². The van der Waals surface area contributed by atoms with Gasteiger partial charge < -0.3 is 10.2 Å². The lowest BCUT2D eigenvalue weighted by molar-refractivity contribution is -0.129. The molecule has 2 aromatic rings. The van der Waals surface area contributed by atoms with Crippen LogP contribution in [0.25, 0.3) is 0 Å². The third-order valence-electron chi connectivity index (χ3n) is 5.13. The maximum atomic E-state index is 12.9. The standard InChI is InChI=1S/C22H26FN3O4S/c1-15(27)26-11-10-16-6-9-20(12-18(16)13-26)31(29,30)25-19-7-4-17(5-8-19)21(28)24-22(2,3)14-23/h4-9,12,25H,10-11,13-14H2,1-3H3,(H,24,28). The lowest BCUT2D eigenvalue weighted by Gasteiger charge is -2.28. The van der Waals surface area contributed by atoms with E-state index in [2.05, 4.69) is 10.0 Å². The average molecular weight is 448 g/mol. The van der Waals surface area contributed by atoms with Gasteiger partial charge in [-0.3, -0.25) is 14.3 Å². The van der Waals surface area contributed by atoms with Crippen LogP contribution < -0.4 is 10.0 Å².